The monoisotopic (exact) mass is 375 g/mol. The van der Waals surface area contributed by atoms with Crippen molar-refractivity contribution >= 4 is 23.4 Å². The average molecular weight is 375 g/mol. The fourth-order valence-corrected chi connectivity index (χ4v) is 4.28. The lowest BCUT2D eigenvalue weighted by Crippen LogP contribution is -2.47. The molecule has 2 fully saturated rings. The Hall–Kier alpha value is -1.59. The summed E-state index contributed by atoms with van der Waals surface area (Å²) in [6.07, 6.45) is 2.09. The number of ether oxygens (including phenoxy) is 2. The Morgan fingerprint density at radius 3 is 2.73 bits per heavy atom. The Morgan fingerprint density at radius 2 is 2.04 bits per heavy atom. The smallest absolute Gasteiger partial charge is 0.238 e. The summed E-state index contributed by atoms with van der Waals surface area (Å²) in [6, 6.07) is 9.93. The molecule has 0 bridgehead atoms. The van der Waals surface area contributed by atoms with E-state index in [9.17, 15) is 4.79 Å². The molecule has 1 amide bonds. The molecule has 26 heavy (non-hydrogen) atoms. The van der Waals surface area contributed by atoms with Crippen molar-refractivity contribution in [3.05, 3.63) is 24.3 Å². The predicted molar refractivity (Wildman–Crippen MR) is 101 cm³/mol. The SMILES string of the molecule is CC(CC#N)Sc1ccccc1NC(=O)CN1CCC2(CC1)OCCO2. The maximum atomic E-state index is 12.5. The number of amides is 1. The normalized spacial score (nSPS) is 20.6. The minimum absolute atomic E-state index is 0.0183. The first-order valence-corrected chi connectivity index (χ1v) is 9.91. The fraction of sp³-hybridized carbons (Fsp3) is 0.579. The number of nitriles is 1. The molecule has 1 aromatic rings. The number of piperidine rings is 1. The molecule has 2 aliphatic rings. The minimum atomic E-state index is -0.410. The number of anilines is 1. The highest BCUT2D eigenvalue weighted by Gasteiger charge is 2.39. The van der Waals surface area contributed by atoms with E-state index in [0.29, 0.717) is 26.2 Å². The molecule has 0 aromatic heterocycles. The van der Waals surface area contributed by atoms with Crippen molar-refractivity contribution in [1.82, 2.24) is 4.90 Å². The average Bonchev–Trinajstić information content (AvgIpc) is 3.07. The van der Waals surface area contributed by atoms with E-state index < -0.39 is 5.79 Å². The van der Waals surface area contributed by atoms with Crippen molar-refractivity contribution in [3.63, 3.8) is 0 Å². The van der Waals surface area contributed by atoms with Crippen LogP contribution in [0.2, 0.25) is 0 Å². The maximum Gasteiger partial charge on any atom is 0.238 e. The van der Waals surface area contributed by atoms with Gasteiger partial charge in [-0.2, -0.15) is 5.26 Å². The fourth-order valence-electron chi connectivity index (χ4n) is 3.29. The summed E-state index contributed by atoms with van der Waals surface area (Å²) in [7, 11) is 0. The van der Waals surface area contributed by atoms with Crippen LogP contribution in [-0.2, 0) is 14.3 Å². The van der Waals surface area contributed by atoms with E-state index in [1.165, 1.54) is 0 Å². The molecular formula is C19H25N3O3S. The van der Waals surface area contributed by atoms with Crippen LogP contribution in [0.5, 0.6) is 0 Å². The molecular weight excluding hydrogens is 350 g/mol. The second-order valence-corrected chi connectivity index (χ2v) is 8.20. The van der Waals surface area contributed by atoms with Crippen LogP contribution in [0.15, 0.2) is 29.2 Å². The molecule has 1 aromatic carbocycles. The number of thioether (sulfide) groups is 1. The van der Waals surface area contributed by atoms with Gasteiger partial charge in [0.1, 0.15) is 0 Å². The lowest BCUT2D eigenvalue weighted by atomic mass is 10.0. The Labute approximate surface area is 158 Å². The van der Waals surface area contributed by atoms with Gasteiger partial charge in [-0.1, -0.05) is 19.1 Å². The van der Waals surface area contributed by atoms with Crippen molar-refractivity contribution < 1.29 is 14.3 Å². The van der Waals surface area contributed by atoms with Gasteiger partial charge in [-0.3, -0.25) is 9.69 Å². The Morgan fingerprint density at radius 1 is 1.35 bits per heavy atom. The summed E-state index contributed by atoms with van der Waals surface area (Å²) in [6.45, 7) is 5.30. The number of nitrogens with zero attached hydrogens (tertiary/aromatic N) is 2. The third kappa shape index (κ3) is 4.98. The zero-order chi connectivity index (χ0) is 18.4. The first-order valence-electron chi connectivity index (χ1n) is 9.03. The van der Waals surface area contributed by atoms with Gasteiger partial charge in [-0.15, -0.1) is 11.8 Å². The first kappa shape index (κ1) is 19.2. The summed E-state index contributed by atoms with van der Waals surface area (Å²) in [5.41, 5.74) is 0.809. The van der Waals surface area contributed by atoms with Crippen molar-refractivity contribution in [2.24, 2.45) is 0 Å². The highest BCUT2D eigenvalue weighted by atomic mass is 32.2. The molecule has 7 heteroatoms. The minimum Gasteiger partial charge on any atom is -0.347 e. The number of likely N-dealkylation sites (tertiary alicyclic amines) is 1. The Kier molecular flexibility index (Phi) is 6.54. The molecule has 6 nitrogen and oxygen atoms in total. The highest BCUT2D eigenvalue weighted by molar-refractivity contribution is 8.00. The van der Waals surface area contributed by atoms with Gasteiger partial charge in [0.05, 0.1) is 31.5 Å². The van der Waals surface area contributed by atoms with Crippen LogP contribution in [0.25, 0.3) is 0 Å². The number of rotatable bonds is 6. The molecule has 1 unspecified atom stereocenters. The van der Waals surface area contributed by atoms with E-state index in [1.807, 2.05) is 31.2 Å². The zero-order valence-electron chi connectivity index (χ0n) is 15.1. The molecule has 1 spiro atoms. The standard InChI is InChI=1S/C19H25N3O3S/c1-15(6-9-20)26-17-5-3-2-4-16(17)21-18(23)14-22-10-7-19(8-11-22)24-12-13-25-19/h2-5,15H,6-8,10-14H2,1H3,(H,21,23). The molecule has 0 aliphatic carbocycles. The lowest BCUT2D eigenvalue weighted by Gasteiger charge is -2.37. The van der Waals surface area contributed by atoms with Gasteiger partial charge in [-0.05, 0) is 12.1 Å². The molecule has 2 saturated heterocycles. The van der Waals surface area contributed by atoms with Crippen LogP contribution in [0.1, 0.15) is 26.2 Å². The van der Waals surface area contributed by atoms with Gasteiger partial charge in [0.15, 0.2) is 5.79 Å². The van der Waals surface area contributed by atoms with Crippen LogP contribution < -0.4 is 5.32 Å². The summed E-state index contributed by atoms with van der Waals surface area (Å²) >= 11 is 1.61. The molecule has 140 valence electrons. The van der Waals surface area contributed by atoms with Crippen molar-refractivity contribution in [3.8, 4) is 6.07 Å². The van der Waals surface area contributed by atoms with Crippen LogP contribution in [0, 0.1) is 11.3 Å². The van der Waals surface area contributed by atoms with E-state index >= 15 is 0 Å². The molecule has 1 atom stereocenters. The summed E-state index contributed by atoms with van der Waals surface area (Å²) in [5.74, 6) is -0.428. The zero-order valence-corrected chi connectivity index (χ0v) is 15.9. The van der Waals surface area contributed by atoms with Crippen LogP contribution in [-0.4, -0.2) is 54.7 Å². The Bertz CT molecular complexity index is 660. The highest BCUT2D eigenvalue weighted by Crippen LogP contribution is 2.32. The molecule has 1 N–H and O–H groups in total. The van der Waals surface area contributed by atoms with E-state index in [1.54, 1.807) is 11.8 Å². The second kappa shape index (κ2) is 8.87. The number of carbonyl (C=O) groups is 1. The van der Waals surface area contributed by atoms with Gasteiger partial charge in [0, 0.05) is 42.5 Å². The second-order valence-electron chi connectivity index (χ2n) is 6.72. The van der Waals surface area contributed by atoms with E-state index in [2.05, 4.69) is 16.3 Å². The summed E-state index contributed by atoms with van der Waals surface area (Å²) in [4.78, 5) is 15.6. The number of hydrogen-bond donors (Lipinski definition) is 1. The first-order chi connectivity index (χ1) is 12.6. The maximum absolute atomic E-state index is 12.5. The molecule has 3 rings (SSSR count). The van der Waals surface area contributed by atoms with Crippen molar-refractivity contribution in [1.29, 1.82) is 5.26 Å². The molecule has 0 radical (unpaired) electrons. The van der Waals surface area contributed by atoms with Crippen LogP contribution in [0.3, 0.4) is 0 Å². The lowest BCUT2D eigenvalue weighted by molar-refractivity contribution is -0.185. The van der Waals surface area contributed by atoms with E-state index in [0.717, 1.165) is 36.5 Å². The van der Waals surface area contributed by atoms with Gasteiger partial charge < -0.3 is 14.8 Å². The van der Waals surface area contributed by atoms with Crippen LogP contribution >= 0.6 is 11.8 Å². The number of carbonyl (C=O) groups excluding carboxylic acids is 1. The number of hydrogen-bond acceptors (Lipinski definition) is 6. The third-order valence-electron chi connectivity index (χ3n) is 4.67. The number of nitrogens with one attached hydrogen (secondary N) is 1. The van der Waals surface area contributed by atoms with Crippen molar-refractivity contribution in [2.45, 2.75) is 42.1 Å². The molecule has 2 aliphatic heterocycles. The molecule has 0 saturated carbocycles. The predicted octanol–water partition coefficient (Wildman–Crippen LogP) is 2.86. The topological polar surface area (TPSA) is 74.6 Å². The van der Waals surface area contributed by atoms with Gasteiger partial charge in [0.2, 0.25) is 5.91 Å². The third-order valence-corrected chi connectivity index (χ3v) is 5.85. The van der Waals surface area contributed by atoms with Gasteiger partial charge in [0.25, 0.3) is 0 Å². The summed E-state index contributed by atoms with van der Waals surface area (Å²) in [5, 5.41) is 12.0. The van der Waals surface area contributed by atoms with E-state index in [-0.39, 0.29) is 11.2 Å². The van der Waals surface area contributed by atoms with Gasteiger partial charge >= 0.3 is 0 Å². The molecule has 2 heterocycles. The Balaban J connectivity index is 1.51. The van der Waals surface area contributed by atoms with Gasteiger partial charge in [-0.25, -0.2) is 0 Å². The summed E-state index contributed by atoms with van der Waals surface area (Å²) < 4.78 is 11.5. The number of benzene rings is 1. The number of para-hydroxylation sites is 1. The van der Waals surface area contributed by atoms with Crippen LogP contribution in [0.4, 0.5) is 5.69 Å². The largest absolute Gasteiger partial charge is 0.347 e. The van der Waals surface area contributed by atoms with E-state index in [4.69, 9.17) is 14.7 Å². The quantitative estimate of drug-likeness (QED) is 0.771. The van der Waals surface area contributed by atoms with Crippen molar-refractivity contribution in [2.75, 3.05) is 38.2 Å².